The minimum atomic E-state index is 0.221. The number of aliphatic hydroxyl groups excluding tert-OH is 1. The first-order chi connectivity index (χ1) is 6.42. The van der Waals surface area contributed by atoms with Crippen LogP contribution < -0.4 is 5.32 Å². The van der Waals surface area contributed by atoms with E-state index in [2.05, 4.69) is 29.6 Å². The van der Waals surface area contributed by atoms with Gasteiger partial charge in [-0.3, -0.25) is 0 Å². The maximum absolute atomic E-state index is 8.71. The monoisotopic (exact) mass is 177 g/mol. The maximum atomic E-state index is 8.71. The molecule has 2 N–H and O–H groups in total. The highest BCUT2D eigenvalue weighted by Crippen LogP contribution is 2.30. The summed E-state index contributed by atoms with van der Waals surface area (Å²) in [7, 11) is 0. The lowest BCUT2D eigenvalue weighted by Gasteiger charge is -2.12. The lowest BCUT2D eigenvalue weighted by atomic mass is 10.1. The first kappa shape index (κ1) is 8.73. The van der Waals surface area contributed by atoms with Crippen LogP contribution in [0.15, 0.2) is 24.3 Å². The van der Waals surface area contributed by atoms with Gasteiger partial charge in [-0.25, -0.2) is 0 Å². The molecule has 70 valence electrons. The zero-order valence-corrected chi connectivity index (χ0v) is 7.66. The molecule has 0 saturated heterocycles. The SMILES string of the molecule is OCCN[C@H]1CCc2ccccc21. The molecule has 1 atom stereocenters. The fourth-order valence-corrected chi connectivity index (χ4v) is 2.01. The average molecular weight is 177 g/mol. The Kier molecular flexibility index (Phi) is 2.62. The third kappa shape index (κ3) is 1.74. The van der Waals surface area contributed by atoms with Gasteiger partial charge in [0.2, 0.25) is 0 Å². The van der Waals surface area contributed by atoms with E-state index >= 15 is 0 Å². The predicted molar refractivity (Wildman–Crippen MR) is 52.6 cm³/mol. The van der Waals surface area contributed by atoms with E-state index in [4.69, 9.17) is 5.11 Å². The Morgan fingerprint density at radius 1 is 1.38 bits per heavy atom. The molecule has 0 bridgehead atoms. The van der Waals surface area contributed by atoms with E-state index in [1.165, 1.54) is 24.0 Å². The second-order valence-corrected chi connectivity index (χ2v) is 3.47. The van der Waals surface area contributed by atoms with Crippen LogP contribution in [0.3, 0.4) is 0 Å². The summed E-state index contributed by atoms with van der Waals surface area (Å²) in [6.07, 6.45) is 2.33. The number of aryl methyl sites for hydroxylation is 1. The first-order valence-electron chi connectivity index (χ1n) is 4.84. The summed E-state index contributed by atoms with van der Waals surface area (Å²) in [5, 5.41) is 12.0. The highest BCUT2D eigenvalue weighted by atomic mass is 16.3. The summed E-state index contributed by atoms with van der Waals surface area (Å²) in [4.78, 5) is 0. The van der Waals surface area contributed by atoms with Crippen molar-refractivity contribution in [1.82, 2.24) is 5.32 Å². The smallest absolute Gasteiger partial charge is 0.0556 e. The molecule has 1 aliphatic carbocycles. The van der Waals surface area contributed by atoms with Gasteiger partial charge in [-0.1, -0.05) is 24.3 Å². The van der Waals surface area contributed by atoms with Gasteiger partial charge in [0.15, 0.2) is 0 Å². The highest BCUT2D eigenvalue weighted by molar-refractivity contribution is 5.34. The Bertz CT molecular complexity index is 285. The van der Waals surface area contributed by atoms with Gasteiger partial charge in [-0.15, -0.1) is 0 Å². The van der Waals surface area contributed by atoms with E-state index in [1.54, 1.807) is 0 Å². The minimum Gasteiger partial charge on any atom is -0.395 e. The number of fused-ring (bicyclic) bond motifs is 1. The Morgan fingerprint density at radius 3 is 3.08 bits per heavy atom. The van der Waals surface area contributed by atoms with Gasteiger partial charge in [0, 0.05) is 12.6 Å². The van der Waals surface area contributed by atoms with Crippen LogP contribution in [0, 0.1) is 0 Å². The quantitative estimate of drug-likeness (QED) is 0.728. The normalized spacial score (nSPS) is 20.2. The molecule has 1 aliphatic rings. The molecule has 2 rings (SSSR count). The fraction of sp³-hybridized carbons (Fsp3) is 0.455. The Balaban J connectivity index is 2.09. The van der Waals surface area contributed by atoms with Crippen molar-refractivity contribution in [2.24, 2.45) is 0 Å². The van der Waals surface area contributed by atoms with Gasteiger partial charge >= 0.3 is 0 Å². The van der Waals surface area contributed by atoms with E-state index in [9.17, 15) is 0 Å². The molecule has 0 unspecified atom stereocenters. The van der Waals surface area contributed by atoms with Crippen LogP contribution in [-0.4, -0.2) is 18.3 Å². The summed E-state index contributed by atoms with van der Waals surface area (Å²) < 4.78 is 0. The number of benzene rings is 1. The van der Waals surface area contributed by atoms with Crippen molar-refractivity contribution in [3.63, 3.8) is 0 Å². The van der Waals surface area contributed by atoms with Crippen molar-refractivity contribution in [2.45, 2.75) is 18.9 Å². The molecule has 0 aliphatic heterocycles. The second kappa shape index (κ2) is 3.90. The molecule has 0 heterocycles. The Morgan fingerprint density at radius 2 is 2.23 bits per heavy atom. The van der Waals surface area contributed by atoms with Gasteiger partial charge < -0.3 is 10.4 Å². The van der Waals surface area contributed by atoms with Crippen LogP contribution in [0.25, 0.3) is 0 Å². The number of aliphatic hydroxyl groups is 1. The summed E-state index contributed by atoms with van der Waals surface area (Å²) in [5.74, 6) is 0. The molecular formula is C11H15NO. The third-order valence-corrected chi connectivity index (χ3v) is 2.64. The first-order valence-corrected chi connectivity index (χ1v) is 4.84. The van der Waals surface area contributed by atoms with E-state index in [0.29, 0.717) is 12.6 Å². The number of hydrogen-bond donors (Lipinski definition) is 2. The Hall–Kier alpha value is -0.860. The van der Waals surface area contributed by atoms with Crippen molar-refractivity contribution in [3.8, 4) is 0 Å². The van der Waals surface area contributed by atoms with Gasteiger partial charge in [0.1, 0.15) is 0 Å². The van der Waals surface area contributed by atoms with Crippen LogP contribution in [0.1, 0.15) is 23.6 Å². The molecule has 0 radical (unpaired) electrons. The van der Waals surface area contributed by atoms with Gasteiger partial charge in [0.25, 0.3) is 0 Å². The van der Waals surface area contributed by atoms with Crippen molar-refractivity contribution in [1.29, 1.82) is 0 Å². The standard InChI is InChI=1S/C11H15NO/c13-8-7-12-11-6-5-9-3-1-2-4-10(9)11/h1-4,11-13H,5-8H2/t11-/m0/s1. The van der Waals surface area contributed by atoms with E-state index in [-0.39, 0.29) is 6.61 Å². The van der Waals surface area contributed by atoms with Crippen molar-refractivity contribution >= 4 is 0 Å². The molecule has 0 fully saturated rings. The van der Waals surface area contributed by atoms with E-state index in [1.807, 2.05) is 0 Å². The molecule has 0 aromatic heterocycles. The van der Waals surface area contributed by atoms with Gasteiger partial charge in [0.05, 0.1) is 6.61 Å². The molecule has 0 amide bonds. The lowest BCUT2D eigenvalue weighted by Crippen LogP contribution is -2.22. The molecule has 13 heavy (non-hydrogen) atoms. The van der Waals surface area contributed by atoms with E-state index in [0.717, 1.165) is 0 Å². The fourth-order valence-electron chi connectivity index (χ4n) is 2.01. The van der Waals surface area contributed by atoms with E-state index < -0.39 is 0 Å². The highest BCUT2D eigenvalue weighted by Gasteiger charge is 2.20. The van der Waals surface area contributed by atoms with Crippen molar-refractivity contribution < 1.29 is 5.11 Å². The van der Waals surface area contributed by atoms with Crippen molar-refractivity contribution in [3.05, 3.63) is 35.4 Å². The summed E-state index contributed by atoms with van der Waals surface area (Å²) >= 11 is 0. The van der Waals surface area contributed by atoms with Crippen LogP contribution in [0.2, 0.25) is 0 Å². The Labute approximate surface area is 78.6 Å². The van der Waals surface area contributed by atoms with Crippen molar-refractivity contribution in [2.75, 3.05) is 13.2 Å². The number of rotatable bonds is 3. The summed E-state index contributed by atoms with van der Waals surface area (Å²) in [6, 6.07) is 9.00. The molecule has 1 aromatic carbocycles. The molecule has 2 heteroatoms. The molecule has 0 spiro atoms. The number of hydrogen-bond acceptors (Lipinski definition) is 2. The number of nitrogens with one attached hydrogen (secondary N) is 1. The minimum absolute atomic E-state index is 0.221. The third-order valence-electron chi connectivity index (χ3n) is 2.64. The van der Waals surface area contributed by atoms with Gasteiger partial charge in [-0.05, 0) is 24.0 Å². The maximum Gasteiger partial charge on any atom is 0.0556 e. The zero-order valence-electron chi connectivity index (χ0n) is 7.66. The zero-order chi connectivity index (χ0) is 9.10. The molecule has 1 aromatic rings. The van der Waals surface area contributed by atoms with Crippen LogP contribution >= 0.6 is 0 Å². The lowest BCUT2D eigenvalue weighted by molar-refractivity contribution is 0.284. The predicted octanol–water partition coefficient (Wildman–Crippen LogP) is 1.26. The van der Waals surface area contributed by atoms with Crippen LogP contribution in [0.5, 0.6) is 0 Å². The molecular weight excluding hydrogens is 162 g/mol. The topological polar surface area (TPSA) is 32.3 Å². The average Bonchev–Trinajstić information content (AvgIpc) is 2.58. The summed E-state index contributed by atoms with van der Waals surface area (Å²) in [6.45, 7) is 0.914. The van der Waals surface area contributed by atoms with Gasteiger partial charge in [-0.2, -0.15) is 0 Å². The molecule has 0 saturated carbocycles. The van der Waals surface area contributed by atoms with Crippen LogP contribution in [0.4, 0.5) is 0 Å². The second-order valence-electron chi connectivity index (χ2n) is 3.47. The van der Waals surface area contributed by atoms with Crippen LogP contribution in [-0.2, 0) is 6.42 Å². The largest absolute Gasteiger partial charge is 0.395 e. The summed E-state index contributed by atoms with van der Waals surface area (Å²) in [5.41, 5.74) is 2.87. The molecule has 2 nitrogen and oxygen atoms in total.